The zero-order chi connectivity index (χ0) is 20.9. The Morgan fingerprint density at radius 3 is 2.69 bits per heavy atom. The fourth-order valence-corrected chi connectivity index (χ4v) is 6.50. The summed E-state index contributed by atoms with van der Waals surface area (Å²) in [5.74, 6) is 2.42. The van der Waals surface area contributed by atoms with Gasteiger partial charge in [-0.25, -0.2) is 8.42 Å². The van der Waals surface area contributed by atoms with Crippen LogP contribution in [0.3, 0.4) is 0 Å². The lowest BCUT2D eigenvalue weighted by Crippen LogP contribution is -2.27. The van der Waals surface area contributed by atoms with Gasteiger partial charge >= 0.3 is 0 Å². The van der Waals surface area contributed by atoms with Crippen LogP contribution in [0.5, 0.6) is 0 Å². The van der Waals surface area contributed by atoms with Crippen LogP contribution >= 0.6 is 23.5 Å². The second-order valence-corrected chi connectivity index (χ2v) is 11.6. The molecule has 3 rings (SSSR count). The molecule has 7 nitrogen and oxygen atoms in total. The molecule has 0 saturated carbocycles. The number of benzene rings is 1. The van der Waals surface area contributed by atoms with E-state index in [-0.39, 0.29) is 29.1 Å². The zero-order valence-corrected chi connectivity index (χ0v) is 19.1. The molecule has 1 unspecified atom stereocenters. The van der Waals surface area contributed by atoms with Crippen molar-refractivity contribution < 1.29 is 13.2 Å². The molecule has 0 radical (unpaired) electrons. The molecule has 29 heavy (non-hydrogen) atoms. The summed E-state index contributed by atoms with van der Waals surface area (Å²) in [6.45, 7) is 2.67. The third-order valence-corrected chi connectivity index (χ3v) is 8.64. The lowest BCUT2D eigenvalue weighted by Gasteiger charge is -2.08. The maximum absolute atomic E-state index is 12.1. The van der Waals surface area contributed by atoms with Crippen molar-refractivity contribution in [2.24, 2.45) is 13.0 Å². The molecule has 1 atom stereocenters. The summed E-state index contributed by atoms with van der Waals surface area (Å²) in [5.41, 5.74) is 1.24. The van der Waals surface area contributed by atoms with E-state index >= 15 is 0 Å². The van der Waals surface area contributed by atoms with Crippen LogP contribution in [0.15, 0.2) is 34.3 Å². The van der Waals surface area contributed by atoms with Crippen LogP contribution in [-0.2, 0) is 28.1 Å². The standard InChI is InChI=1S/C19H26N4O3S3/c1-14-3-5-16(6-4-14)27-9-8-20-18(24)12-28-19-22-21-17(23(19)2)11-15-7-10-29(25,26)13-15/h3-6,15H,7-13H2,1-2H3,(H,20,24). The van der Waals surface area contributed by atoms with E-state index in [2.05, 4.69) is 46.7 Å². The van der Waals surface area contributed by atoms with Crippen LogP contribution in [0.25, 0.3) is 0 Å². The van der Waals surface area contributed by atoms with Gasteiger partial charge in [0.25, 0.3) is 0 Å². The maximum atomic E-state index is 12.1. The summed E-state index contributed by atoms with van der Waals surface area (Å²) in [5, 5.41) is 11.9. The lowest BCUT2D eigenvalue weighted by atomic mass is 10.1. The average molecular weight is 455 g/mol. The normalized spacial score (nSPS) is 18.1. The van der Waals surface area contributed by atoms with Gasteiger partial charge in [-0.05, 0) is 31.4 Å². The van der Waals surface area contributed by atoms with Gasteiger partial charge in [0.1, 0.15) is 5.82 Å². The van der Waals surface area contributed by atoms with Crippen LogP contribution in [-0.4, -0.2) is 58.6 Å². The minimum absolute atomic E-state index is 0.0362. The van der Waals surface area contributed by atoms with Crippen molar-refractivity contribution in [3.63, 3.8) is 0 Å². The molecule has 10 heteroatoms. The minimum Gasteiger partial charge on any atom is -0.355 e. The van der Waals surface area contributed by atoms with E-state index in [0.29, 0.717) is 24.5 Å². The first kappa shape index (κ1) is 22.2. The van der Waals surface area contributed by atoms with E-state index in [4.69, 9.17) is 0 Å². The van der Waals surface area contributed by atoms with Crippen molar-refractivity contribution in [3.8, 4) is 0 Å². The second-order valence-electron chi connectivity index (χ2n) is 7.23. The molecule has 0 bridgehead atoms. The van der Waals surface area contributed by atoms with Gasteiger partial charge in [-0.15, -0.1) is 22.0 Å². The number of nitrogens with one attached hydrogen (secondary N) is 1. The number of hydrogen-bond acceptors (Lipinski definition) is 7. The molecule has 0 aliphatic carbocycles. The van der Waals surface area contributed by atoms with Gasteiger partial charge in [0.05, 0.1) is 17.3 Å². The molecule has 1 N–H and O–H groups in total. The predicted octanol–water partition coefficient (Wildman–Crippen LogP) is 2.10. The summed E-state index contributed by atoms with van der Waals surface area (Å²) in [6, 6.07) is 8.34. The van der Waals surface area contributed by atoms with Gasteiger partial charge in [-0.3, -0.25) is 4.79 Å². The molecule has 2 aromatic rings. The van der Waals surface area contributed by atoms with Gasteiger partial charge in [-0.1, -0.05) is 29.5 Å². The van der Waals surface area contributed by atoms with Crippen LogP contribution in [0.4, 0.5) is 0 Å². The molecule has 1 amide bonds. The third-order valence-electron chi connectivity index (χ3n) is 4.77. The highest BCUT2D eigenvalue weighted by atomic mass is 32.2. The average Bonchev–Trinajstić information content (AvgIpc) is 3.20. The first-order valence-corrected chi connectivity index (χ1v) is 13.3. The second kappa shape index (κ2) is 9.99. The number of rotatable bonds is 9. The van der Waals surface area contributed by atoms with E-state index in [1.807, 2.05) is 11.6 Å². The molecular formula is C19H26N4O3S3. The highest BCUT2D eigenvalue weighted by Crippen LogP contribution is 2.23. The van der Waals surface area contributed by atoms with Crippen LogP contribution in [0.1, 0.15) is 17.8 Å². The fourth-order valence-electron chi connectivity index (χ4n) is 3.11. The van der Waals surface area contributed by atoms with Gasteiger partial charge in [0, 0.05) is 30.7 Å². The summed E-state index contributed by atoms with van der Waals surface area (Å²) in [4.78, 5) is 13.3. The highest BCUT2D eigenvalue weighted by Gasteiger charge is 2.29. The molecule has 0 spiro atoms. The number of carbonyl (C=O) groups is 1. The Morgan fingerprint density at radius 2 is 2.00 bits per heavy atom. The Balaban J connectivity index is 1.37. The summed E-state index contributed by atoms with van der Waals surface area (Å²) in [6.07, 6.45) is 1.28. The molecule has 1 aliphatic heterocycles. The molecular weight excluding hydrogens is 428 g/mol. The van der Waals surface area contributed by atoms with Gasteiger partial charge in [0.15, 0.2) is 15.0 Å². The van der Waals surface area contributed by atoms with E-state index in [1.165, 1.54) is 22.2 Å². The van der Waals surface area contributed by atoms with Crippen LogP contribution in [0.2, 0.25) is 0 Å². The largest absolute Gasteiger partial charge is 0.355 e. The van der Waals surface area contributed by atoms with Gasteiger partial charge in [0.2, 0.25) is 5.91 Å². The Hall–Kier alpha value is -1.52. The number of amides is 1. The molecule has 1 fully saturated rings. The molecule has 158 valence electrons. The molecule has 1 aromatic carbocycles. The number of carbonyl (C=O) groups excluding carboxylic acids is 1. The van der Waals surface area contributed by atoms with Crippen molar-refractivity contribution in [1.82, 2.24) is 20.1 Å². The summed E-state index contributed by atoms with van der Waals surface area (Å²) >= 11 is 3.06. The van der Waals surface area contributed by atoms with E-state index in [0.717, 1.165) is 11.6 Å². The summed E-state index contributed by atoms with van der Waals surface area (Å²) < 4.78 is 25.1. The highest BCUT2D eigenvalue weighted by molar-refractivity contribution is 7.99. The monoisotopic (exact) mass is 454 g/mol. The zero-order valence-electron chi connectivity index (χ0n) is 16.6. The van der Waals surface area contributed by atoms with Crippen LogP contribution < -0.4 is 5.32 Å². The number of hydrogen-bond donors (Lipinski definition) is 1. The topological polar surface area (TPSA) is 94.0 Å². The van der Waals surface area contributed by atoms with Crippen molar-refractivity contribution >= 4 is 39.3 Å². The van der Waals surface area contributed by atoms with E-state index < -0.39 is 9.84 Å². The number of aromatic nitrogens is 3. The first-order chi connectivity index (χ1) is 13.8. The minimum atomic E-state index is -2.89. The lowest BCUT2D eigenvalue weighted by molar-refractivity contribution is -0.118. The summed E-state index contributed by atoms with van der Waals surface area (Å²) in [7, 11) is -1.03. The number of aryl methyl sites for hydroxylation is 1. The van der Waals surface area contributed by atoms with Crippen molar-refractivity contribution in [2.75, 3.05) is 29.6 Å². The van der Waals surface area contributed by atoms with E-state index in [1.54, 1.807) is 11.8 Å². The van der Waals surface area contributed by atoms with Crippen molar-refractivity contribution in [2.45, 2.75) is 29.8 Å². The Labute approximate surface area is 180 Å². The molecule has 1 saturated heterocycles. The van der Waals surface area contributed by atoms with E-state index in [9.17, 15) is 13.2 Å². The predicted molar refractivity (Wildman–Crippen MR) is 117 cm³/mol. The molecule has 1 aliphatic rings. The van der Waals surface area contributed by atoms with Gasteiger partial charge < -0.3 is 9.88 Å². The molecule has 1 aromatic heterocycles. The van der Waals surface area contributed by atoms with Crippen molar-refractivity contribution in [1.29, 1.82) is 0 Å². The Bertz CT molecular complexity index is 942. The molecule has 2 heterocycles. The SMILES string of the molecule is Cc1ccc(SCCNC(=O)CSc2nnc(CC3CCS(=O)(=O)C3)n2C)cc1. The Morgan fingerprint density at radius 1 is 1.24 bits per heavy atom. The van der Waals surface area contributed by atoms with Gasteiger partial charge in [-0.2, -0.15) is 0 Å². The maximum Gasteiger partial charge on any atom is 0.230 e. The number of nitrogens with zero attached hydrogens (tertiary/aromatic N) is 3. The number of sulfone groups is 1. The first-order valence-electron chi connectivity index (χ1n) is 9.50. The smallest absolute Gasteiger partial charge is 0.230 e. The fraction of sp³-hybridized carbons (Fsp3) is 0.526. The van der Waals surface area contributed by atoms with Crippen molar-refractivity contribution in [3.05, 3.63) is 35.7 Å². The van der Waals surface area contributed by atoms with Crippen LogP contribution in [0, 0.1) is 12.8 Å². The third kappa shape index (κ3) is 6.75. The quantitative estimate of drug-likeness (QED) is 0.458. The number of thioether (sulfide) groups is 2. The Kier molecular flexibility index (Phi) is 7.64.